The maximum atomic E-state index is 12.1. The highest BCUT2D eigenvalue weighted by Crippen LogP contribution is 2.38. The minimum Gasteiger partial charge on any atom is -0.456 e. The Kier molecular flexibility index (Phi) is 9.48. The van der Waals surface area contributed by atoms with Crippen molar-refractivity contribution >= 4 is 36.6 Å². The van der Waals surface area contributed by atoms with Gasteiger partial charge in [-0.2, -0.15) is 0 Å². The van der Waals surface area contributed by atoms with Gasteiger partial charge in [0.1, 0.15) is 6.10 Å². The van der Waals surface area contributed by atoms with E-state index in [1.165, 1.54) is 13.8 Å². The second-order valence-electron chi connectivity index (χ2n) is 10.3. The molecule has 0 amide bonds. The van der Waals surface area contributed by atoms with E-state index >= 15 is 0 Å². The molecule has 0 aliphatic carbocycles. The number of ether oxygens (including phenoxy) is 4. The average molecular weight is 545 g/mol. The Morgan fingerprint density at radius 2 is 1.18 bits per heavy atom. The SMILES string of the molecule is CC(=O)O[C@H]1[C@H](OC(C)=O)[C@@H](OC(C)=O)C(O)O[C@@H]1CO[Si](c1ccccc1)(c1ccccc1)C(C)(C)C. The predicted molar refractivity (Wildman–Crippen MR) is 141 cm³/mol. The van der Waals surface area contributed by atoms with E-state index in [0.29, 0.717) is 0 Å². The number of aliphatic hydroxyl groups is 1. The molecule has 10 heteroatoms. The summed E-state index contributed by atoms with van der Waals surface area (Å²) < 4.78 is 28.9. The summed E-state index contributed by atoms with van der Waals surface area (Å²) >= 11 is 0. The summed E-state index contributed by atoms with van der Waals surface area (Å²) in [6, 6.07) is 19.8. The van der Waals surface area contributed by atoms with Crippen LogP contribution in [0.15, 0.2) is 60.7 Å². The van der Waals surface area contributed by atoms with Crippen LogP contribution in [-0.4, -0.2) is 68.6 Å². The molecule has 1 aliphatic heterocycles. The van der Waals surface area contributed by atoms with Gasteiger partial charge in [0.2, 0.25) is 0 Å². The maximum Gasteiger partial charge on any atom is 0.303 e. The Bertz CT molecular complexity index is 1060. The van der Waals surface area contributed by atoms with Crippen LogP contribution in [0, 0.1) is 0 Å². The molecule has 38 heavy (non-hydrogen) atoms. The third-order valence-electron chi connectivity index (χ3n) is 6.40. The minimum atomic E-state index is -3.02. The van der Waals surface area contributed by atoms with Gasteiger partial charge in [0.05, 0.1) is 6.61 Å². The van der Waals surface area contributed by atoms with Crippen LogP contribution in [0.4, 0.5) is 0 Å². The number of benzene rings is 2. The van der Waals surface area contributed by atoms with Gasteiger partial charge in [0.25, 0.3) is 8.32 Å². The zero-order chi connectivity index (χ0) is 28.1. The molecule has 0 spiro atoms. The van der Waals surface area contributed by atoms with Crippen LogP contribution in [0.2, 0.25) is 5.04 Å². The average Bonchev–Trinajstić information content (AvgIpc) is 2.83. The van der Waals surface area contributed by atoms with E-state index in [-0.39, 0.29) is 11.6 Å². The van der Waals surface area contributed by atoms with Crippen LogP contribution in [0.1, 0.15) is 41.5 Å². The van der Waals surface area contributed by atoms with Crippen LogP contribution in [0.3, 0.4) is 0 Å². The summed E-state index contributed by atoms with van der Waals surface area (Å²) in [5, 5.41) is 12.5. The molecule has 1 fully saturated rings. The zero-order valence-corrected chi connectivity index (χ0v) is 23.6. The van der Waals surface area contributed by atoms with E-state index in [0.717, 1.165) is 17.3 Å². The molecular weight excluding hydrogens is 508 g/mol. The second kappa shape index (κ2) is 12.2. The second-order valence-corrected chi connectivity index (χ2v) is 14.6. The number of hydrogen-bond acceptors (Lipinski definition) is 9. The van der Waals surface area contributed by atoms with Crippen LogP contribution in [0.5, 0.6) is 0 Å². The van der Waals surface area contributed by atoms with E-state index < -0.39 is 56.9 Å². The first-order valence-electron chi connectivity index (χ1n) is 12.5. The van der Waals surface area contributed by atoms with Crippen molar-refractivity contribution in [3.63, 3.8) is 0 Å². The molecule has 9 nitrogen and oxygen atoms in total. The molecule has 1 heterocycles. The lowest BCUT2D eigenvalue weighted by Gasteiger charge is -2.46. The van der Waals surface area contributed by atoms with Crippen LogP contribution in [-0.2, 0) is 37.8 Å². The van der Waals surface area contributed by atoms with Crippen molar-refractivity contribution in [3.05, 3.63) is 60.7 Å². The molecule has 2 aromatic carbocycles. The Morgan fingerprint density at radius 3 is 1.61 bits per heavy atom. The number of carbonyl (C=O) groups excluding carboxylic acids is 3. The number of rotatable bonds is 8. The van der Waals surface area contributed by atoms with Crippen molar-refractivity contribution in [2.45, 2.75) is 77.3 Å². The number of esters is 3. The van der Waals surface area contributed by atoms with Crippen molar-refractivity contribution in [1.82, 2.24) is 0 Å². The Hall–Kier alpha value is -3.05. The third-order valence-corrected chi connectivity index (χ3v) is 11.4. The van der Waals surface area contributed by atoms with Crippen LogP contribution in [0.25, 0.3) is 0 Å². The highest BCUT2D eigenvalue weighted by molar-refractivity contribution is 6.99. The molecule has 1 unspecified atom stereocenters. The Morgan fingerprint density at radius 1 is 0.763 bits per heavy atom. The van der Waals surface area contributed by atoms with Gasteiger partial charge in [-0.3, -0.25) is 14.4 Å². The van der Waals surface area contributed by atoms with E-state index in [4.69, 9.17) is 23.4 Å². The fourth-order valence-electron chi connectivity index (χ4n) is 4.97. The van der Waals surface area contributed by atoms with Gasteiger partial charge >= 0.3 is 17.9 Å². The first-order valence-corrected chi connectivity index (χ1v) is 14.4. The van der Waals surface area contributed by atoms with E-state index in [1.807, 2.05) is 60.7 Å². The normalized spacial score (nSPS) is 23.8. The zero-order valence-electron chi connectivity index (χ0n) is 22.6. The summed E-state index contributed by atoms with van der Waals surface area (Å²) in [5.41, 5.74) is 0. The van der Waals surface area contributed by atoms with Crippen molar-refractivity contribution < 1.29 is 42.9 Å². The molecule has 206 valence electrons. The van der Waals surface area contributed by atoms with Crippen LogP contribution >= 0.6 is 0 Å². The van der Waals surface area contributed by atoms with E-state index in [9.17, 15) is 19.5 Å². The topological polar surface area (TPSA) is 118 Å². The van der Waals surface area contributed by atoms with Gasteiger partial charge < -0.3 is 28.5 Å². The molecule has 0 saturated carbocycles. The fraction of sp³-hybridized carbons (Fsp3) is 0.464. The molecular formula is C28H36O9Si. The van der Waals surface area contributed by atoms with Gasteiger partial charge in [-0.15, -0.1) is 0 Å². The molecule has 2 aromatic rings. The summed E-state index contributed by atoms with van der Waals surface area (Å²) in [4.78, 5) is 35.8. The molecule has 1 N–H and O–H groups in total. The van der Waals surface area contributed by atoms with Crippen molar-refractivity contribution in [3.8, 4) is 0 Å². The van der Waals surface area contributed by atoms with Gasteiger partial charge in [0, 0.05) is 20.8 Å². The molecule has 5 atom stereocenters. The predicted octanol–water partition coefficient (Wildman–Crippen LogP) is 2.08. The van der Waals surface area contributed by atoms with Crippen LogP contribution < -0.4 is 10.4 Å². The minimum absolute atomic E-state index is 0.104. The van der Waals surface area contributed by atoms with Gasteiger partial charge in [-0.25, -0.2) is 0 Å². The Balaban J connectivity index is 2.06. The maximum absolute atomic E-state index is 12.1. The molecule has 0 radical (unpaired) electrons. The molecule has 0 bridgehead atoms. The van der Waals surface area contributed by atoms with E-state index in [2.05, 4.69) is 20.8 Å². The monoisotopic (exact) mass is 544 g/mol. The Labute approximate surface area is 224 Å². The van der Waals surface area contributed by atoms with Gasteiger partial charge in [0.15, 0.2) is 24.6 Å². The fourth-order valence-corrected chi connectivity index (χ4v) is 9.54. The van der Waals surface area contributed by atoms with Crippen molar-refractivity contribution in [2.75, 3.05) is 6.61 Å². The van der Waals surface area contributed by atoms with Gasteiger partial charge in [-0.05, 0) is 15.4 Å². The first kappa shape index (κ1) is 29.5. The lowest BCUT2D eigenvalue weighted by atomic mass is 9.98. The lowest BCUT2D eigenvalue weighted by molar-refractivity contribution is -0.294. The van der Waals surface area contributed by atoms with Crippen molar-refractivity contribution in [1.29, 1.82) is 0 Å². The third kappa shape index (κ3) is 6.50. The lowest BCUT2D eigenvalue weighted by Crippen LogP contribution is -2.68. The first-order chi connectivity index (χ1) is 17.9. The highest BCUT2D eigenvalue weighted by atomic mass is 28.4. The van der Waals surface area contributed by atoms with Gasteiger partial charge in [-0.1, -0.05) is 81.4 Å². The van der Waals surface area contributed by atoms with Crippen molar-refractivity contribution in [2.24, 2.45) is 0 Å². The molecule has 0 aromatic heterocycles. The summed E-state index contributed by atoms with van der Waals surface area (Å²) in [6.45, 7) is 9.75. The largest absolute Gasteiger partial charge is 0.456 e. The number of hydrogen-bond donors (Lipinski definition) is 1. The standard InChI is InChI=1S/C28H36O9Si/c1-18(29)34-24-23(37-27(32)26(36-20(3)31)25(24)35-19(2)30)17-33-38(28(4,5)6,21-13-9-7-10-14-21)22-15-11-8-12-16-22/h7-16,23-27,32H,17H2,1-6H3/t23-,24-,25+,26-,27?/m1/s1. The quantitative estimate of drug-likeness (QED) is 0.303. The number of carbonyl (C=O) groups is 3. The summed E-state index contributed by atoms with van der Waals surface area (Å²) in [7, 11) is -3.02. The molecule has 1 saturated heterocycles. The smallest absolute Gasteiger partial charge is 0.303 e. The summed E-state index contributed by atoms with van der Waals surface area (Å²) in [6.07, 6.45) is -6.60. The van der Waals surface area contributed by atoms with E-state index in [1.54, 1.807) is 0 Å². The summed E-state index contributed by atoms with van der Waals surface area (Å²) in [5.74, 6) is -2.09. The number of aliphatic hydroxyl groups excluding tert-OH is 1. The molecule has 3 rings (SSSR count). The molecule has 1 aliphatic rings. The highest BCUT2D eigenvalue weighted by Gasteiger charge is 2.54.